The average Bonchev–Trinajstić information content (AvgIpc) is 2.33. The van der Waals surface area contributed by atoms with Gasteiger partial charge in [-0.15, -0.1) is 0 Å². The van der Waals surface area contributed by atoms with Crippen molar-refractivity contribution in [1.29, 1.82) is 0 Å². The van der Waals surface area contributed by atoms with Crippen LogP contribution in [0, 0.1) is 12.7 Å². The van der Waals surface area contributed by atoms with E-state index in [0.717, 1.165) is 5.56 Å². The number of hydrogen-bond donors (Lipinski definition) is 1. The van der Waals surface area contributed by atoms with Gasteiger partial charge < -0.3 is 5.73 Å². The first kappa shape index (κ1) is 10.7. The lowest BCUT2D eigenvalue weighted by Crippen LogP contribution is -2.15. The second-order valence-electron chi connectivity index (χ2n) is 3.59. The number of aryl methyl sites for hydroxylation is 1. The summed E-state index contributed by atoms with van der Waals surface area (Å²) in [5.74, 6) is 0.304. The van der Waals surface area contributed by atoms with E-state index < -0.39 is 6.04 Å². The number of halogens is 1. The van der Waals surface area contributed by atoms with Gasteiger partial charge in [0.15, 0.2) is 0 Å². The monoisotopic (exact) mass is 217 g/mol. The van der Waals surface area contributed by atoms with Crippen molar-refractivity contribution in [3.8, 4) is 0 Å². The molecule has 0 aliphatic carbocycles. The van der Waals surface area contributed by atoms with Crippen molar-refractivity contribution in [2.45, 2.75) is 13.0 Å². The van der Waals surface area contributed by atoms with E-state index in [2.05, 4.69) is 9.97 Å². The minimum absolute atomic E-state index is 0.232. The van der Waals surface area contributed by atoms with Crippen molar-refractivity contribution >= 4 is 0 Å². The maximum absolute atomic E-state index is 13.1. The Hall–Kier alpha value is -1.81. The molecule has 0 aliphatic heterocycles. The molecule has 0 aliphatic rings. The Morgan fingerprint density at radius 1 is 1.25 bits per heavy atom. The molecule has 0 radical (unpaired) electrons. The molecule has 1 aromatic carbocycles. The number of hydrogen-bond acceptors (Lipinski definition) is 3. The summed E-state index contributed by atoms with van der Waals surface area (Å²) in [5.41, 5.74) is 7.37. The van der Waals surface area contributed by atoms with Gasteiger partial charge in [0.1, 0.15) is 11.6 Å². The predicted molar refractivity (Wildman–Crippen MR) is 59.2 cm³/mol. The van der Waals surface area contributed by atoms with Crippen molar-refractivity contribution in [2.24, 2.45) is 5.73 Å². The minimum atomic E-state index is -0.416. The highest BCUT2D eigenvalue weighted by atomic mass is 19.1. The van der Waals surface area contributed by atoms with E-state index in [-0.39, 0.29) is 5.82 Å². The molecule has 2 aromatic rings. The third kappa shape index (κ3) is 2.06. The van der Waals surface area contributed by atoms with Crippen molar-refractivity contribution in [3.63, 3.8) is 0 Å². The Bertz CT molecular complexity index is 485. The van der Waals surface area contributed by atoms with Crippen LogP contribution in [0.3, 0.4) is 0 Å². The van der Waals surface area contributed by atoms with Crippen LogP contribution in [0.15, 0.2) is 36.7 Å². The second kappa shape index (κ2) is 4.37. The smallest absolute Gasteiger partial charge is 0.149 e. The zero-order valence-corrected chi connectivity index (χ0v) is 8.89. The normalized spacial score (nSPS) is 12.4. The Morgan fingerprint density at radius 2 is 1.94 bits per heavy atom. The van der Waals surface area contributed by atoms with Crippen molar-refractivity contribution in [3.05, 3.63) is 59.4 Å². The molecular weight excluding hydrogens is 205 g/mol. The van der Waals surface area contributed by atoms with Gasteiger partial charge in [-0.2, -0.15) is 0 Å². The van der Waals surface area contributed by atoms with Gasteiger partial charge in [0.2, 0.25) is 0 Å². The molecule has 1 aromatic heterocycles. The number of aromatic nitrogens is 2. The van der Waals surface area contributed by atoms with E-state index >= 15 is 0 Å². The van der Waals surface area contributed by atoms with Crippen molar-refractivity contribution in [1.82, 2.24) is 9.97 Å². The summed E-state index contributed by atoms with van der Waals surface area (Å²) < 4.78 is 13.1. The summed E-state index contributed by atoms with van der Waals surface area (Å²) in [7, 11) is 0. The Labute approximate surface area is 93.2 Å². The molecule has 82 valence electrons. The summed E-state index contributed by atoms with van der Waals surface area (Å²) in [6.07, 6.45) is 3.27. The molecule has 0 saturated carbocycles. The molecule has 0 fully saturated rings. The molecule has 0 amide bonds. The number of rotatable bonds is 2. The fraction of sp³-hybridized carbons (Fsp3) is 0.167. The molecular formula is C12H12FN3. The standard InChI is InChI=1S/C12H12FN3/c1-8-7-9(3-4-10(8)13)11(14)12-15-5-2-6-16-12/h2-7,11H,14H2,1H3. The van der Waals surface area contributed by atoms with Crippen molar-refractivity contribution < 1.29 is 4.39 Å². The fourth-order valence-corrected chi connectivity index (χ4v) is 1.48. The second-order valence-corrected chi connectivity index (χ2v) is 3.59. The van der Waals surface area contributed by atoms with Crippen LogP contribution in [0.4, 0.5) is 4.39 Å². The van der Waals surface area contributed by atoms with Crippen molar-refractivity contribution in [2.75, 3.05) is 0 Å². The largest absolute Gasteiger partial charge is 0.318 e. The minimum Gasteiger partial charge on any atom is -0.318 e. The van der Waals surface area contributed by atoms with Gasteiger partial charge in [0.25, 0.3) is 0 Å². The number of nitrogens with zero attached hydrogens (tertiary/aromatic N) is 2. The molecule has 3 nitrogen and oxygen atoms in total. The fourth-order valence-electron chi connectivity index (χ4n) is 1.48. The van der Waals surface area contributed by atoms with Crippen LogP contribution in [-0.4, -0.2) is 9.97 Å². The number of nitrogens with two attached hydrogens (primary N) is 1. The Kier molecular flexibility index (Phi) is 2.92. The zero-order chi connectivity index (χ0) is 11.5. The van der Waals surface area contributed by atoms with Gasteiger partial charge in [-0.25, -0.2) is 14.4 Å². The molecule has 16 heavy (non-hydrogen) atoms. The highest BCUT2D eigenvalue weighted by molar-refractivity contribution is 5.29. The summed E-state index contributed by atoms with van der Waals surface area (Å²) in [4.78, 5) is 8.15. The van der Waals surface area contributed by atoms with E-state index in [1.165, 1.54) is 6.07 Å². The van der Waals surface area contributed by atoms with E-state index in [1.54, 1.807) is 37.5 Å². The molecule has 2 rings (SSSR count). The van der Waals surface area contributed by atoms with Gasteiger partial charge in [-0.3, -0.25) is 0 Å². The van der Waals surface area contributed by atoms with Crippen LogP contribution in [0.2, 0.25) is 0 Å². The molecule has 1 heterocycles. The maximum Gasteiger partial charge on any atom is 0.149 e. The first-order chi connectivity index (χ1) is 7.68. The molecule has 0 spiro atoms. The van der Waals surface area contributed by atoms with Crippen LogP contribution >= 0.6 is 0 Å². The van der Waals surface area contributed by atoms with Crippen LogP contribution < -0.4 is 5.73 Å². The predicted octanol–water partition coefficient (Wildman–Crippen LogP) is 1.97. The zero-order valence-electron chi connectivity index (χ0n) is 8.89. The summed E-state index contributed by atoms with van der Waals surface area (Å²) in [5, 5.41) is 0. The number of benzene rings is 1. The quantitative estimate of drug-likeness (QED) is 0.836. The van der Waals surface area contributed by atoms with E-state index in [4.69, 9.17) is 5.73 Å². The van der Waals surface area contributed by atoms with Gasteiger partial charge in [-0.05, 0) is 30.2 Å². The molecule has 1 unspecified atom stereocenters. The third-order valence-electron chi connectivity index (χ3n) is 2.41. The molecule has 4 heteroatoms. The highest BCUT2D eigenvalue weighted by Gasteiger charge is 2.12. The van der Waals surface area contributed by atoms with Gasteiger partial charge >= 0.3 is 0 Å². The van der Waals surface area contributed by atoms with Crippen LogP contribution in [0.25, 0.3) is 0 Å². The molecule has 0 bridgehead atoms. The van der Waals surface area contributed by atoms with E-state index in [9.17, 15) is 4.39 Å². The summed E-state index contributed by atoms with van der Waals surface area (Å²) in [6, 6.07) is 6.10. The Morgan fingerprint density at radius 3 is 2.56 bits per heavy atom. The van der Waals surface area contributed by atoms with Gasteiger partial charge in [-0.1, -0.05) is 12.1 Å². The first-order valence-electron chi connectivity index (χ1n) is 4.97. The lowest BCUT2D eigenvalue weighted by molar-refractivity contribution is 0.616. The molecule has 2 N–H and O–H groups in total. The summed E-state index contributed by atoms with van der Waals surface area (Å²) >= 11 is 0. The van der Waals surface area contributed by atoms with Crippen LogP contribution in [0.1, 0.15) is 23.0 Å². The third-order valence-corrected chi connectivity index (χ3v) is 2.41. The lowest BCUT2D eigenvalue weighted by atomic mass is 10.0. The highest BCUT2D eigenvalue weighted by Crippen LogP contribution is 2.18. The summed E-state index contributed by atoms with van der Waals surface area (Å²) in [6.45, 7) is 1.71. The maximum atomic E-state index is 13.1. The van der Waals surface area contributed by atoms with E-state index in [1.807, 2.05) is 0 Å². The van der Waals surface area contributed by atoms with Gasteiger partial charge in [0.05, 0.1) is 6.04 Å². The van der Waals surface area contributed by atoms with Gasteiger partial charge in [0, 0.05) is 12.4 Å². The lowest BCUT2D eigenvalue weighted by Gasteiger charge is -2.11. The first-order valence-corrected chi connectivity index (χ1v) is 4.97. The molecule has 0 saturated heterocycles. The SMILES string of the molecule is Cc1cc(C(N)c2ncccn2)ccc1F. The van der Waals surface area contributed by atoms with Crippen LogP contribution in [0.5, 0.6) is 0 Å². The van der Waals surface area contributed by atoms with Crippen LogP contribution in [-0.2, 0) is 0 Å². The Balaban J connectivity index is 2.34. The van der Waals surface area contributed by atoms with E-state index in [0.29, 0.717) is 11.4 Å². The molecule has 1 atom stereocenters. The average molecular weight is 217 g/mol. The topological polar surface area (TPSA) is 51.8 Å².